The lowest BCUT2D eigenvalue weighted by Gasteiger charge is -2.16. The highest BCUT2D eigenvalue weighted by Crippen LogP contribution is 2.16. The van der Waals surface area contributed by atoms with Crippen LogP contribution in [0.15, 0.2) is 11.6 Å². The Kier molecular flexibility index (Phi) is 2.93. The first-order valence-electron chi connectivity index (χ1n) is 4.72. The monoisotopic (exact) mass is 197 g/mol. The van der Waals surface area contributed by atoms with E-state index >= 15 is 0 Å². The van der Waals surface area contributed by atoms with Gasteiger partial charge in [-0.15, -0.1) is 11.3 Å². The van der Waals surface area contributed by atoms with Crippen molar-refractivity contribution in [1.29, 1.82) is 0 Å². The van der Waals surface area contributed by atoms with Gasteiger partial charge in [0.15, 0.2) is 0 Å². The summed E-state index contributed by atoms with van der Waals surface area (Å²) < 4.78 is 0. The number of nitrogens with one attached hydrogen (secondary N) is 2. The lowest BCUT2D eigenvalue weighted by Crippen LogP contribution is -2.33. The van der Waals surface area contributed by atoms with Crippen molar-refractivity contribution in [3.8, 4) is 0 Å². The van der Waals surface area contributed by atoms with Crippen molar-refractivity contribution < 1.29 is 0 Å². The summed E-state index contributed by atoms with van der Waals surface area (Å²) in [6, 6.07) is 1.02. The number of nitrogens with zero attached hydrogens (tertiary/aromatic N) is 1. The molecule has 3 nitrogen and oxygen atoms in total. The molecule has 2 atom stereocenters. The summed E-state index contributed by atoms with van der Waals surface area (Å²) >= 11 is 1.72. The zero-order valence-corrected chi connectivity index (χ0v) is 8.60. The predicted octanol–water partition coefficient (Wildman–Crippen LogP) is 1.16. The Bertz CT molecular complexity index is 241. The molecule has 0 saturated carbocycles. The van der Waals surface area contributed by atoms with Crippen LogP contribution >= 0.6 is 11.3 Å². The minimum atomic E-state index is 0.393. The van der Waals surface area contributed by atoms with Gasteiger partial charge in [-0.05, 0) is 19.9 Å². The SMILES string of the molecule is C[C@@H](N[C@@H]1CCNC1)c1nccs1. The summed E-state index contributed by atoms with van der Waals surface area (Å²) in [5.41, 5.74) is 0. The molecule has 72 valence electrons. The van der Waals surface area contributed by atoms with Gasteiger partial charge in [-0.1, -0.05) is 0 Å². The summed E-state index contributed by atoms with van der Waals surface area (Å²) in [6.07, 6.45) is 3.10. The summed E-state index contributed by atoms with van der Waals surface area (Å²) in [5.74, 6) is 0. The molecular weight excluding hydrogens is 182 g/mol. The molecule has 2 N–H and O–H groups in total. The summed E-state index contributed by atoms with van der Waals surface area (Å²) in [4.78, 5) is 4.29. The van der Waals surface area contributed by atoms with Crippen LogP contribution in [0.4, 0.5) is 0 Å². The Morgan fingerprint density at radius 3 is 3.31 bits per heavy atom. The minimum absolute atomic E-state index is 0.393. The molecule has 1 aliphatic rings. The average molecular weight is 197 g/mol. The van der Waals surface area contributed by atoms with Crippen LogP contribution in [-0.4, -0.2) is 24.1 Å². The standard InChI is InChI=1S/C9H15N3S/c1-7(9-11-4-5-13-9)12-8-2-3-10-6-8/h4-5,7-8,10,12H,2-3,6H2,1H3/t7-,8-/m1/s1. The molecule has 1 aromatic rings. The van der Waals surface area contributed by atoms with Crippen molar-refractivity contribution in [2.45, 2.75) is 25.4 Å². The van der Waals surface area contributed by atoms with Crippen LogP contribution in [0.1, 0.15) is 24.4 Å². The van der Waals surface area contributed by atoms with Gasteiger partial charge < -0.3 is 10.6 Å². The maximum absolute atomic E-state index is 4.29. The second kappa shape index (κ2) is 4.17. The van der Waals surface area contributed by atoms with Gasteiger partial charge in [0, 0.05) is 24.2 Å². The van der Waals surface area contributed by atoms with Crippen molar-refractivity contribution in [3.05, 3.63) is 16.6 Å². The van der Waals surface area contributed by atoms with Crippen LogP contribution in [0, 0.1) is 0 Å². The third kappa shape index (κ3) is 2.27. The Hall–Kier alpha value is -0.450. The smallest absolute Gasteiger partial charge is 0.109 e. The number of aromatic nitrogens is 1. The highest BCUT2D eigenvalue weighted by molar-refractivity contribution is 7.09. The molecule has 4 heteroatoms. The third-order valence-corrected chi connectivity index (χ3v) is 3.33. The van der Waals surface area contributed by atoms with Crippen LogP contribution < -0.4 is 10.6 Å². The fourth-order valence-electron chi connectivity index (χ4n) is 1.67. The van der Waals surface area contributed by atoms with E-state index in [2.05, 4.69) is 22.5 Å². The number of thiazole rings is 1. The molecule has 1 aliphatic heterocycles. The maximum Gasteiger partial charge on any atom is 0.109 e. The fraction of sp³-hybridized carbons (Fsp3) is 0.667. The highest BCUT2D eigenvalue weighted by atomic mass is 32.1. The van der Waals surface area contributed by atoms with Crippen LogP contribution in [0.3, 0.4) is 0 Å². The van der Waals surface area contributed by atoms with Crippen LogP contribution in [-0.2, 0) is 0 Å². The summed E-state index contributed by atoms with van der Waals surface area (Å²) in [7, 11) is 0. The third-order valence-electron chi connectivity index (χ3n) is 2.37. The van der Waals surface area contributed by atoms with E-state index in [4.69, 9.17) is 0 Å². The summed E-state index contributed by atoms with van der Waals surface area (Å²) in [6.45, 7) is 4.41. The Labute approximate surface area is 82.6 Å². The highest BCUT2D eigenvalue weighted by Gasteiger charge is 2.17. The van der Waals surface area contributed by atoms with Crippen molar-refractivity contribution in [3.63, 3.8) is 0 Å². The number of hydrogen-bond donors (Lipinski definition) is 2. The molecular formula is C9H15N3S. The average Bonchev–Trinajstić information content (AvgIpc) is 2.74. The van der Waals surface area contributed by atoms with Gasteiger partial charge in [-0.2, -0.15) is 0 Å². The van der Waals surface area contributed by atoms with Crippen molar-refractivity contribution in [2.75, 3.05) is 13.1 Å². The Morgan fingerprint density at radius 2 is 2.69 bits per heavy atom. The van der Waals surface area contributed by atoms with E-state index in [1.807, 2.05) is 11.6 Å². The van der Waals surface area contributed by atoms with Crippen molar-refractivity contribution >= 4 is 11.3 Å². The molecule has 0 spiro atoms. The van der Waals surface area contributed by atoms with Gasteiger partial charge in [0.25, 0.3) is 0 Å². The largest absolute Gasteiger partial charge is 0.315 e. The van der Waals surface area contributed by atoms with Crippen molar-refractivity contribution in [1.82, 2.24) is 15.6 Å². The van der Waals surface area contributed by atoms with E-state index < -0.39 is 0 Å². The van der Waals surface area contributed by atoms with Gasteiger partial charge in [-0.3, -0.25) is 0 Å². The summed E-state index contributed by atoms with van der Waals surface area (Å²) in [5, 5.41) is 10.1. The van der Waals surface area contributed by atoms with Gasteiger partial charge in [0.1, 0.15) is 5.01 Å². The molecule has 0 radical (unpaired) electrons. The zero-order valence-electron chi connectivity index (χ0n) is 7.79. The van der Waals surface area contributed by atoms with Gasteiger partial charge in [-0.25, -0.2) is 4.98 Å². The van der Waals surface area contributed by atoms with Crippen LogP contribution in [0.25, 0.3) is 0 Å². The number of hydrogen-bond acceptors (Lipinski definition) is 4. The Morgan fingerprint density at radius 1 is 1.77 bits per heavy atom. The second-order valence-corrected chi connectivity index (χ2v) is 4.37. The van der Waals surface area contributed by atoms with Crippen LogP contribution in [0.2, 0.25) is 0 Å². The molecule has 0 unspecified atom stereocenters. The molecule has 0 amide bonds. The van der Waals surface area contributed by atoms with E-state index in [-0.39, 0.29) is 0 Å². The topological polar surface area (TPSA) is 37.0 Å². The lowest BCUT2D eigenvalue weighted by molar-refractivity contribution is 0.477. The van der Waals surface area contributed by atoms with E-state index in [1.54, 1.807) is 11.3 Å². The fourth-order valence-corrected chi connectivity index (χ4v) is 2.33. The molecule has 13 heavy (non-hydrogen) atoms. The zero-order chi connectivity index (χ0) is 9.10. The second-order valence-electron chi connectivity index (χ2n) is 3.45. The first-order valence-corrected chi connectivity index (χ1v) is 5.60. The molecule has 1 saturated heterocycles. The van der Waals surface area contributed by atoms with Crippen molar-refractivity contribution in [2.24, 2.45) is 0 Å². The lowest BCUT2D eigenvalue weighted by atomic mass is 10.2. The normalized spacial score (nSPS) is 24.8. The van der Waals surface area contributed by atoms with Crippen LogP contribution in [0.5, 0.6) is 0 Å². The molecule has 0 aliphatic carbocycles. The van der Waals surface area contributed by atoms with Gasteiger partial charge in [0.05, 0.1) is 6.04 Å². The first-order chi connectivity index (χ1) is 6.36. The molecule has 1 fully saturated rings. The molecule has 0 bridgehead atoms. The molecule has 2 heterocycles. The molecule has 1 aromatic heterocycles. The molecule has 0 aromatic carbocycles. The number of rotatable bonds is 3. The first kappa shape index (κ1) is 9.12. The molecule has 2 rings (SSSR count). The predicted molar refractivity (Wildman–Crippen MR) is 54.9 cm³/mol. The quantitative estimate of drug-likeness (QED) is 0.763. The van der Waals surface area contributed by atoms with E-state index in [1.165, 1.54) is 11.4 Å². The van der Waals surface area contributed by atoms with E-state index in [9.17, 15) is 0 Å². The van der Waals surface area contributed by atoms with Gasteiger partial charge >= 0.3 is 0 Å². The van der Waals surface area contributed by atoms with E-state index in [0.29, 0.717) is 12.1 Å². The van der Waals surface area contributed by atoms with Gasteiger partial charge in [0.2, 0.25) is 0 Å². The maximum atomic E-state index is 4.29. The minimum Gasteiger partial charge on any atom is -0.315 e. The van der Waals surface area contributed by atoms with E-state index in [0.717, 1.165) is 13.1 Å². The Balaban J connectivity index is 1.87.